The summed E-state index contributed by atoms with van der Waals surface area (Å²) in [4.78, 5) is 0. The molecular formula is C14H12Cl2N2O. The molecule has 2 aromatic carbocycles. The number of hydrogen-bond donors (Lipinski definition) is 2. The van der Waals surface area contributed by atoms with Crippen LogP contribution in [-0.4, -0.2) is 5.84 Å². The topological polar surface area (TPSA) is 59.1 Å². The van der Waals surface area contributed by atoms with Gasteiger partial charge in [-0.1, -0.05) is 23.2 Å². The molecular weight excluding hydrogens is 283 g/mol. The van der Waals surface area contributed by atoms with E-state index in [9.17, 15) is 0 Å². The van der Waals surface area contributed by atoms with Gasteiger partial charge in [0, 0.05) is 11.6 Å². The van der Waals surface area contributed by atoms with Crippen LogP contribution in [0, 0.1) is 12.3 Å². The Balaban J connectivity index is 2.28. The third-order valence-corrected chi connectivity index (χ3v) is 3.34. The minimum atomic E-state index is 0.0317. The van der Waals surface area contributed by atoms with Crippen LogP contribution >= 0.6 is 23.2 Å². The summed E-state index contributed by atoms with van der Waals surface area (Å²) < 4.78 is 5.73. The Morgan fingerprint density at radius 3 is 2.42 bits per heavy atom. The van der Waals surface area contributed by atoms with Crippen molar-refractivity contribution in [2.45, 2.75) is 6.92 Å². The molecule has 0 radical (unpaired) electrons. The van der Waals surface area contributed by atoms with Crippen molar-refractivity contribution < 1.29 is 4.74 Å². The number of nitrogens with two attached hydrogens (primary N) is 1. The summed E-state index contributed by atoms with van der Waals surface area (Å²) in [5.41, 5.74) is 6.99. The predicted molar refractivity (Wildman–Crippen MR) is 78.7 cm³/mol. The average Bonchev–Trinajstić information content (AvgIpc) is 2.36. The monoisotopic (exact) mass is 294 g/mol. The lowest BCUT2D eigenvalue weighted by Gasteiger charge is -2.10. The first-order chi connectivity index (χ1) is 8.97. The molecule has 0 aliphatic heterocycles. The van der Waals surface area contributed by atoms with E-state index in [0.29, 0.717) is 27.1 Å². The van der Waals surface area contributed by atoms with E-state index in [-0.39, 0.29) is 5.84 Å². The van der Waals surface area contributed by atoms with Crippen LogP contribution in [0.3, 0.4) is 0 Å². The first-order valence-corrected chi connectivity index (χ1v) is 6.31. The third kappa shape index (κ3) is 3.19. The fraction of sp³-hybridized carbons (Fsp3) is 0.0714. The Hall–Kier alpha value is -1.71. The molecule has 0 aliphatic rings. The van der Waals surface area contributed by atoms with Crippen molar-refractivity contribution in [1.29, 1.82) is 5.41 Å². The number of hydrogen-bond acceptors (Lipinski definition) is 2. The first-order valence-electron chi connectivity index (χ1n) is 5.55. The average molecular weight is 295 g/mol. The molecule has 0 aliphatic carbocycles. The molecule has 3 N–H and O–H groups in total. The maximum Gasteiger partial charge on any atom is 0.130 e. The minimum absolute atomic E-state index is 0.0317. The number of nitrogens with one attached hydrogen (secondary N) is 1. The highest BCUT2D eigenvalue weighted by atomic mass is 35.5. The van der Waals surface area contributed by atoms with Crippen LogP contribution < -0.4 is 10.5 Å². The minimum Gasteiger partial charge on any atom is -0.457 e. The van der Waals surface area contributed by atoms with E-state index < -0.39 is 0 Å². The van der Waals surface area contributed by atoms with Crippen molar-refractivity contribution in [2.75, 3.05) is 0 Å². The van der Waals surface area contributed by atoms with Gasteiger partial charge < -0.3 is 10.5 Å². The fourth-order valence-electron chi connectivity index (χ4n) is 1.60. The summed E-state index contributed by atoms with van der Waals surface area (Å²) in [5.74, 6) is 1.32. The van der Waals surface area contributed by atoms with Crippen LogP contribution in [0.25, 0.3) is 0 Å². The zero-order valence-electron chi connectivity index (χ0n) is 10.2. The Bertz CT molecular complexity index is 641. The van der Waals surface area contributed by atoms with Crippen LogP contribution in [0.5, 0.6) is 11.5 Å². The largest absolute Gasteiger partial charge is 0.457 e. The molecule has 0 atom stereocenters. The van der Waals surface area contributed by atoms with Gasteiger partial charge in [0.1, 0.15) is 17.3 Å². The molecule has 0 aromatic heterocycles. The Kier molecular flexibility index (Phi) is 3.98. The molecule has 0 heterocycles. The second kappa shape index (κ2) is 5.51. The molecule has 0 fully saturated rings. The smallest absolute Gasteiger partial charge is 0.130 e. The number of nitrogen functional groups attached to an aromatic ring is 1. The van der Waals surface area contributed by atoms with Crippen molar-refractivity contribution in [3.63, 3.8) is 0 Å². The van der Waals surface area contributed by atoms with E-state index >= 15 is 0 Å². The van der Waals surface area contributed by atoms with Gasteiger partial charge in [0.25, 0.3) is 0 Å². The Morgan fingerprint density at radius 2 is 1.84 bits per heavy atom. The standard InChI is InChI=1S/C14H12Cl2N2O/c1-8-6-9(14(17)18)2-5-13(8)19-10-3-4-11(15)12(16)7-10/h2-7H,1H3,(H3,17,18). The molecule has 19 heavy (non-hydrogen) atoms. The van der Waals surface area contributed by atoms with E-state index in [1.807, 2.05) is 6.92 Å². The Labute approximate surface area is 121 Å². The summed E-state index contributed by atoms with van der Waals surface area (Å²) >= 11 is 11.8. The summed E-state index contributed by atoms with van der Waals surface area (Å²) in [6, 6.07) is 10.4. The van der Waals surface area contributed by atoms with Crippen LogP contribution in [0.2, 0.25) is 10.0 Å². The normalized spacial score (nSPS) is 10.3. The lowest BCUT2D eigenvalue weighted by atomic mass is 10.1. The van der Waals surface area contributed by atoms with Crippen molar-refractivity contribution in [2.24, 2.45) is 5.73 Å². The van der Waals surface area contributed by atoms with E-state index in [2.05, 4.69) is 0 Å². The summed E-state index contributed by atoms with van der Waals surface area (Å²) in [6.45, 7) is 1.89. The van der Waals surface area contributed by atoms with Crippen molar-refractivity contribution >= 4 is 29.0 Å². The van der Waals surface area contributed by atoms with E-state index in [1.165, 1.54) is 0 Å². The molecule has 0 bridgehead atoms. The molecule has 3 nitrogen and oxygen atoms in total. The van der Waals surface area contributed by atoms with E-state index in [4.69, 9.17) is 39.1 Å². The highest BCUT2D eigenvalue weighted by Gasteiger charge is 2.06. The molecule has 0 saturated carbocycles. The van der Waals surface area contributed by atoms with Crippen LogP contribution in [0.4, 0.5) is 0 Å². The van der Waals surface area contributed by atoms with E-state index in [0.717, 1.165) is 5.56 Å². The number of amidine groups is 1. The summed E-state index contributed by atoms with van der Waals surface area (Å²) in [5, 5.41) is 8.31. The third-order valence-electron chi connectivity index (χ3n) is 2.60. The SMILES string of the molecule is Cc1cc(C(=N)N)ccc1Oc1ccc(Cl)c(Cl)c1. The molecule has 0 amide bonds. The second-order valence-corrected chi connectivity index (χ2v) is 4.89. The van der Waals surface area contributed by atoms with Gasteiger partial charge in [0.15, 0.2) is 0 Å². The molecule has 98 valence electrons. The molecule has 5 heteroatoms. The van der Waals surface area contributed by atoms with Crippen LogP contribution in [0.1, 0.15) is 11.1 Å². The van der Waals surface area contributed by atoms with Crippen LogP contribution in [0.15, 0.2) is 36.4 Å². The van der Waals surface area contributed by atoms with Gasteiger partial charge in [-0.2, -0.15) is 0 Å². The lowest BCUT2D eigenvalue weighted by molar-refractivity contribution is 0.479. The lowest BCUT2D eigenvalue weighted by Crippen LogP contribution is -2.11. The zero-order chi connectivity index (χ0) is 14.0. The van der Waals surface area contributed by atoms with Gasteiger partial charge in [-0.15, -0.1) is 0 Å². The number of halogens is 2. The van der Waals surface area contributed by atoms with Crippen molar-refractivity contribution in [3.8, 4) is 11.5 Å². The summed E-state index contributed by atoms with van der Waals surface area (Å²) in [6.07, 6.45) is 0. The maximum atomic E-state index is 7.38. The second-order valence-electron chi connectivity index (χ2n) is 4.07. The zero-order valence-corrected chi connectivity index (χ0v) is 11.7. The number of rotatable bonds is 3. The molecule has 2 aromatic rings. The Morgan fingerprint density at radius 1 is 1.11 bits per heavy atom. The number of benzene rings is 2. The number of ether oxygens (including phenoxy) is 1. The predicted octanol–water partition coefficient (Wildman–Crippen LogP) is 4.38. The molecule has 0 unspecified atom stereocenters. The van der Waals surface area contributed by atoms with E-state index in [1.54, 1.807) is 36.4 Å². The van der Waals surface area contributed by atoms with Crippen molar-refractivity contribution in [1.82, 2.24) is 0 Å². The van der Waals surface area contributed by atoms with Gasteiger partial charge in [-0.3, -0.25) is 5.41 Å². The molecule has 0 saturated heterocycles. The maximum absolute atomic E-state index is 7.38. The van der Waals surface area contributed by atoms with Gasteiger partial charge in [0.05, 0.1) is 10.0 Å². The molecule has 0 spiro atoms. The molecule has 2 rings (SSSR count). The first kappa shape index (κ1) is 13.7. The van der Waals surface area contributed by atoms with Gasteiger partial charge in [-0.05, 0) is 42.8 Å². The van der Waals surface area contributed by atoms with Gasteiger partial charge in [0.2, 0.25) is 0 Å². The fourth-order valence-corrected chi connectivity index (χ4v) is 1.89. The van der Waals surface area contributed by atoms with Gasteiger partial charge in [-0.25, -0.2) is 0 Å². The quantitative estimate of drug-likeness (QED) is 0.652. The highest BCUT2D eigenvalue weighted by Crippen LogP contribution is 2.31. The number of aryl methyl sites for hydroxylation is 1. The van der Waals surface area contributed by atoms with Crippen molar-refractivity contribution in [3.05, 3.63) is 57.6 Å². The van der Waals surface area contributed by atoms with Gasteiger partial charge >= 0.3 is 0 Å². The highest BCUT2D eigenvalue weighted by molar-refractivity contribution is 6.42. The van der Waals surface area contributed by atoms with Crippen LogP contribution in [-0.2, 0) is 0 Å². The summed E-state index contributed by atoms with van der Waals surface area (Å²) in [7, 11) is 0.